The van der Waals surface area contributed by atoms with Crippen molar-refractivity contribution in [1.29, 1.82) is 0 Å². The Morgan fingerprint density at radius 1 is 1.39 bits per heavy atom. The fraction of sp³-hybridized carbons (Fsp3) is 0.385. The molecule has 1 aromatic rings. The lowest BCUT2D eigenvalue weighted by atomic mass is 9.94. The highest BCUT2D eigenvalue weighted by atomic mass is 16.5. The summed E-state index contributed by atoms with van der Waals surface area (Å²) in [5.41, 5.74) is 0.220. The minimum atomic E-state index is -1.04. The first kappa shape index (κ1) is 12.4. The molecule has 0 atom stereocenters. The number of carboxylic acid groups (broad SMARTS) is 1. The molecule has 0 spiro atoms. The van der Waals surface area contributed by atoms with Crippen LogP contribution in [0.5, 0.6) is 5.75 Å². The van der Waals surface area contributed by atoms with Crippen LogP contribution >= 0.6 is 0 Å². The zero-order valence-electron chi connectivity index (χ0n) is 10.1. The normalized spacial score (nSPS) is 15.8. The number of carboxylic acids is 1. The van der Waals surface area contributed by atoms with Crippen molar-refractivity contribution in [1.82, 2.24) is 5.32 Å². The van der Waals surface area contributed by atoms with Crippen LogP contribution in [-0.2, 0) is 15.0 Å². The Morgan fingerprint density at radius 3 is 2.61 bits per heavy atom. The molecule has 0 saturated heterocycles. The van der Waals surface area contributed by atoms with Gasteiger partial charge in [-0.25, -0.2) is 0 Å². The number of benzene rings is 1. The number of hydrogen-bond acceptors (Lipinski definition) is 3. The van der Waals surface area contributed by atoms with Gasteiger partial charge in [-0.3, -0.25) is 9.59 Å². The number of carbonyl (C=O) groups is 2. The summed E-state index contributed by atoms with van der Waals surface area (Å²) in [5.74, 6) is -0.617. The molecule has 96 valence electrons. The molecule has 1 aliphatic carbocycles. The highest BCUT2D eigenvalue weighted by molar-refractivity contribution is 5.93. The Morgan fingerprint density at radius 2 is 2.06 bits per heavy atom. The van der Waals surface area contributed by atoms with Gasteiger partial charge in [-0.05, 0) is 18.9 Å². The van der Waals surface area contributed by atoms with E-state index in [0.29, 0.717) is 5.75 Å². The van der Waals surface area contributed by atoms with Crippen molar-refractivity contribution in [2.75, 3.05) is 13.7 Å². The maximum Gasteiger partial charge on any atom is 0.322 e. The largest absolute Gasteiger partial charge is 0.496 e. The Kier molecular flexibility index (Phi) is 3.23. The van der Waals surface area contributed by atoms with Gasteiger partial charge in [0.25, 0.3) is 0 Å². The lowest BCUT2D eigenvalue weighted by molar-refractivity contribution is -0.138. The number of carbonyl (C=O) groups excluding carboxylic acids is 1. The van der Waals surface area contributed by atoms with Crippen LogP contribution in [0.1, 0.15) is 18.4 Å². The molecule has 0 heterocycles. The van der Waals surface area contributed by atoms with Crippen LogP contribution in [-0.4, -0.2) is 30.6 Å². The van der Waals surface area contributed by atoms with E-state index in [1.807, 2.05) is 18.2 Å². The minimum Gasteiger partial charge on any atom is -0.496 e. The Bertz CT molecular complexity index is 480. The zero-order chi connectivity index (χ0) is 13.2. The standard InChI is InChI=1S/C13H15NO4/c1-18-10-5-3-2-4-9(10)13(6-7-13)12(17)14-8-11(15)16/h2-5H,6-8H2,1H3,(H,14,17)(H,15,16). The Labute approximate surface area is 105 Å². The van der Waals surface area contributed by atoms with Crippen LogP contribution in [0.3, 0.4) is 0 Å². The molecule has 18 heavy (non-hydrogen) atoms. The van der Waals surface area contributed by atoms with Gasteiger partial charge in [0.05, 0.1) is 12.5 Å². The van der Waals surface area contributed by atoms with Crippen LogP contribution < -0.4 is 10.1 Å². The molecular weight excluding hydrogens is 234 g/mol. The van der Waals surface area contributed by atoms with Gasteiger partial charge >= 0.3 is 5.97 Å². The van der Waals surface area contributed by atoms with E-state index in [1.165, 1.54) is 0 Å². The fourth-order valence-electron chi connectivity index (χ4n) is 2.11. The Balaban J connectivity index is 2.20. The average Bonchev–Trinajstić information content (AvgIpc) is 3.17. The van der Waals surface area contributed by atoms with E-state index in [-0.39, 0.29) is 12.5 Å². The maximum atomic E-state index is 12.1. The van der Waals surface area contributed by atoms with Gasteiger partial charge in [0, 0.05) is 5.56 Å². The highest BCUT2D eigenvalue weighted by Gasteiger charge is 2.52. The second-order valence-electron chi connectivity index (χ2n) is 4.36. The molecule has 0 aromatic heterocycles. The van der Waals surface area contributed by atoms with Gasteiger partial charge in [0.15, 0.2) is 0 Å². The highest BCUT2D eigenvalue weighted by Crippen LogP contribution is 2.51. The van der Waals surface area contributed by atoms with E-state index in [2.05, 4.69) is 5.32 Å². The third-order valence-corrected chi connectivity index (χ3v) is 3.21. The lowest BCUT2D eigenvalue weighted by Gasteiger charge is -2.17. The zero-order valence-corrected chi connectivity index (χ0v) is 10.1. The molecule has 0 radical (unpaired) electrons. The summed E-state index contributed by atoms with van der Waals surface area (Å²) in [6.45, 7) is -0.351. The molecule has 1 aromatic carbocycles. The summed E-state index contributed by atoms with van der Waals surface area (Å²) in [7, 11) is 1.56. The number of aliphatic carboxylic acids is 1. The first-order valence-corrected chi connectivity index (χ1v) is 5.74. The topological polar surface area (TPSA) is 75.6 Å². The first-order chi connectivity index (χ1) is 8.60. The third-order valence-electron chi connectivity index (χ3n) is 3.21. The van der Waals surface area contributed by atoms with Gasteiger partial charge in [0.2, 0.25) is 5.91 Å². The summed E-state index contributed by atoms with van der Waals surface area (Å²) in [6, 6.07) is 7.35. The van der Waals surface area contributed by atoms with E-state index in [1.54, 1.807) is 13.2 Å². The van der Waals surface area contributed by atoms with E-state index < -0.39 is 11.4 Å². The molecule has 0 unspecified atom stereocenters. The molecule has 1 aliphatic rings. The fourth-order valence-corrected chi connectivity index (χ4v) is 2.11. The van der Waals surface area contributed by atoms with Crippen LogP contribution in [0, 0.1) is 0 Å². The number of nitrogens with one attached hydrogen (secondary N) is 1. The average molecular weight is 249 g/mol. The molecular formula is C13H15NO4. The van der Waals surface area contributed by atoms with E-state index in [4.69, 9.17) is 9.84 Å². The molecule has 1 fully saturated rings. The van der Waals surface area contributed by atoms with Crippen molar-refractivity contribution in [3.05, 3.63) is 29.8 Å². The molecule has 5 heteroatoms. The van der Waals surface area contributed by atoms with Crippen molar-refractivity contribution in [2.24, 2.45) is 0 Å². The monoisotopic (exact) mass is 249 g/mol. The summed E-state index contributed by atoms with van der Waals surface area (Å²) >= 11 is 0. The molecule has 2 rings (SSSR count). The van der Waals surface area contributed by atoms with Crippen LogP contribution in [0.4, 0.5) is 0 Å². The predicted octanol–water partition coefficient (Wildman–Crippen LogP) is 0.928. The second kappa shape index (κ2) is 4.68. The minimum absolute atomic E-state index is 0.241. The molecule has 1 saturated carbocycles. The SMILES string of the molecule is COc1ccccc1C1(C(=O)NCC(=O)O)CC1. The molecule has 0 aliphatic heterocycles. The number of ether oxygens (including phenoxy) is 1. The van der Waals surface area contributed by atoms with Gasteiger partial charge in [-0.1, -0.05) is 18.2 Å². The molecule has 1 amide bonds. The van der Waals surface area contributed by atoms with Crippen molar-refractivity contribution in [3.63, 3.8) is 0 Å². The van der Waals surface area contributed by atoms with Crippen molar-refractivity contribution in [3.8, 4) is 5.75 Å². The van der Waals surface area contributed by atoms with Crippen molar-refractivity contribution >= 4 is 11.9 Å². The van der Waals surface area contributed by atoms with Gasteiger partial charge < -0.3 is 15.2 Å². The van der Waals surface area contributed by atoms with Gasteiger partial charge in [0.1, 0.15) is 12.3 Å². The maximum absolute atomic E-state index is 12.1. The van der Waals surface area contributed by atoms with Crippen LogP contribution in [0.2, 0.25) is 0 Å². The van der Waals surface area contributed by atoms with E-state index in [9.17, 15) is 9.59 Å². The van der Waals surface area contributed by atoms with Crippen molar-refractivity contribution < 1.29 is 19.4 Å². The summed E-state index contributed by atoms with van der Waals surface area (Å²) in [5, 5.41) is 11.0. The summed E-state index contributed by atoms with van der Waals surface area (Å²) in [6.07, 6.45) is 1.44. The number of methoxy groups -OCH3 is 1. The van der Waals surface area contributed by atoms with Crippen LogP contribution in [0.15, 0.2) is 24.3 Å². The molecule has 5 nitrogen and oxygen atoms in total. The number of rotatable bonds is 5. The molecule has 0 bridgehead atoms. The van der Waals surface area contributed by atoms with Gasteiger partial charge in [-0.15, -0.1) is 0 Å². The summed E-state index contributed by atoms with van der Waals surface area (Å²) < 4.78 is 5.25. The summed E-state index contributed by atoms with van der Waals surface area (Å²) in [4.78, 5) is 22.5. The van der Waals surface area contributed by atoms with E-state index >= 15 is 0 Å². The molecule has 2 N–H and O–H groups in total. The predicted molar refractivity (Wildman–Crippen MR) is 64.6 cm³/mol. The second-order valence-corrected chi connectivity index (χ2v) is 4.36. The van der Waals surface area contributed by atoms with Gasteiger partial charge in [-0.2, -0.15) is 0 Å². The lowest BCUT2D eigenvalue weighted by Crippen LogP contribution is -2.37. The third kappa shape index (κ3) is 2.16. The quantitative estimate of drug-likeness (QED) is 0.814. The number of hydrogen-bond donors (Lipinski definition) is 2. The first-order valence-electron chi connectivity index (χ1n) is 5.74. The number of amides is 1. The smallest absolute Gasteiger partial charge is 0.322 e. The van der Waals surface area contributed by atoms with Crippen LogP contribution in [0.25, 0.3) is 0 Å². The Hall–Kier alpha value is -2.04. The van der Waals surface area contributed by atoms with E-state index in [0.717, 1.165) is 18.4 Å². The number of para-hydroxylation sites is 1. The van der Waals surface area contributed by atoms with Crippen molar-refractivity contribution in [2.45, 2.75) is 18.3 Å².